The van der Waals surface area contributed by atoms with Crippen LogP contribution in [0.3, 0.4) is 0 Å². The minimum Gasteiger partial charge on any atom is -0.465 e. The van der Waals surface area contributed by atoms with Gasteiger partial charge in [0, 0.05) is 24.3 Å². The van der Waals surface area contributed by atoms with Gasteiger partial charge in [0.2, 0.25) is 0 Å². The van der Waals surface area contributed by atoms with Gasteiger partial charge in [-0.15, -0.1) is 0 Å². The molecule has 1 heterocycles. The van der Waals surface area contributed by atoms with Crippen molar-refractivity contribution in [3.05, 3.63) is 0 Å². The molecular formula is C44H79F5N2O6. The van der Waals surface area contributed by atoms with Gasteiger partial charge < -0.3 is 15.2 Å². The van der Waals surface area contributed by atoms with Gasteiger partial charge in [-0.05, 0) is 89.9 Å². The monoisotopic (exact) mass is 827 g/mol. The second-order valence-corrected chi connectivity index (χ2v) is 21.5. The summed E-state index contributed by atoms with van der Waals surface area (Å²) in [5, 5.41) is 1.76. The van der Waals surface area contributed by atoms with Crippen LogP contribution in [0, 0.1) is 44.8 Å². The number of carbonyl (C=O) groups excluding carboxylic acids is 3. The third-order valence-corrected chi connectivity index (χ3v) is 14.0. The van der Waals surface area contributed by atoms with Crippen molar-refractivity contribution in [1.29, 1.82) is 0 Å². The number of hydroxylamine groups is 2. The third kappa shape index (κ3) is 11.3. The molecule has 0 aromatic heterocycles. The van der Waals surface area contributed by atoms with Crippen molar-refractivity contribution in [2.24, 2.45) is 50.6 Å². The summed E-state index contributed by atoms with van der Waals surface area (Å²) in [6.07, 6.45) is -2.98. The summed E-state index contributed by atoms with van der Waals surface area (Å²) >= 11 is 0. The van der Waals surface area contributed by atoms with Gasteiger partial charge in [0.1, 0.15) is 11.2 Å². The SMILES string of the molecule is CCCCOC(=O)C(CC(C)(C)C)C(C)(C)C(C)(C)CC(C(=O)OCCC(C)(C)C(F)(F)C(C)(C)C(F)(F)F)C(C)(C)ON1C(C)(CN)CC(=O)C(C)C1(C)CC. The lowest BCUT2D eigenvalue weighted by molar-refractivity contribution is -0.346. The summed E-state index contributed by atoms with van der Waals surface area (Å²) in [7, 11) is 0. The number of nitrogens with zero attached hydrogens (tertiary/aromatic N) is 1. The normalized spacial score (nSPS) is 23.6. The highest BCUT2D eigenvalue weighted by atomic mass is 19.4. The highest BCUT2D eigenvalue weighted by molar-refractivity contribution is 5.84. The van der Waals surface area contributed by atoms with E-state index in [2.05, 4.69) is 0 Å². The van der Waals surface area contributed by atoms with Crippen LogP contribution in [0.5, 0.6) is 0 Å². The Morgan fingerprint density at radius 1 is 0.807 bits per heavy atom. The lowest BCUT2D eigenvalue weighted by atomic mass is 9.55. The molecule has 13 heteroatoms. The highest BCUT2D eigenvalue weighted by Gasteiger charge is 2.68. The Kier molecular flexibility index (Phi) is 16.8. The Bertz CT molecular complexity index is 1390. The predicted molar refractivity (Wildman–Crippen MR) is 215 cm³/mol. The summed E-state index contributed by atoms with van der Waals surface area (Å²) in [5.41, 5.74) is -4.25. The molecular weight excluding hydrogens is 747 g/mol. The lowest BCUT2D eigenvalue weighted by Crippen LogP contribution is -2.70. The van der Waals surface area contributed by atoms with Crippen LogP contribution in [0.15, 0.2) is 0 Å². The fraction of sp³-hybridized carbons (Fsp3) is 0.932. The van der Waals surface area contributed by atoms with Crippen molar-refractivity contribution < 1.29 is 50.6 Å². The van der Waals surface area contributed by atoms with Crippen LogP contribution in [0.4, 0.5) is 22.0 Å². The summed E-state index contributed by atoms with van der Waals surface area (Å²) in [6, 6.07) is 0. The van der Waals surface area contributed by atoms with Crippen molar-refractivity contribution in [1.82, 2.24) is 5.06 Å². The number of ketones is 1. The van der Waals surface area contributed by atoms with E-state index in [1.165, 1.54) is 0 Å². The zero-order valence-electron chi connectivity index (χ0n) is 38.7. The largest absolute Gasteiger partial charge is 0.465 e. The van der Waals surface area contributed by atoms with Crippen LogP contribution in [-0.4, -0.2) is 71.3 Å². The highest BCUT2D eigenvalue weighted by Crippen LogP contribution is 2.58. The second-order valence-electron chi connectivity index (χ2n) is 21.5. The number of ether oxygens (including phenoxy) is 2. The third-order valence-electron chi connectivity index (χ3n) is 14.0. The first-order chi connectivity index (χ1) is 25.3. The van der Waals surface area contributed by atoms with Crippen LogP contribution < -0.4 is 5.73 Å². The number of alkyl halides is 5. The van der Waals surface area contributed by atoms with E-state index in [1.807, 2.05) is 83.1 Å². The Morgan fingerprint density at radius 2 is 1.30 bits per heavy atom. The molecule has 0 aromatic carbocycles. The minimum absolute atomic E-state index is 0.0348. The van der Waals surface area contributed by atoms with Gasteiger partial charge in [-0.1, -0.05) is 89.5 Å². The first kappa shape index (κ1) is 53.2. The van der Waals surface area contributed by atoms with Gasteiger partial charge in [0.05, 0.1) is 41.7 Å². The maximum Gasteiger partial charge on any atom is 0.399 e. The van der Waals surface area contributed by atoms with Crippen molar-refractivity contribution in [3.8, 4) is 0 Å². The standard InChI is InChI=1S/C44H79F5N2O6/c1-19-21-23-55-33(53)30(25-35(4,5)6)38(11,12)37(9,10)26-31(34(54)56-24-22-36(7,8)43(45,46)40(15,16)44(47,48)49)39(13,14)57-51-41(17,28-50)27-32(52)29(3)42(51,18)20-2/h29-31H,19-28,50H2,1-18H3. The van der Waals surface area contributed by atoms with Crippen LogP contribution in [0.25, 0.3) is 0 Å². The van der Waals surface area contributed by atoms with Gasteiger partial charge in [0.15, 0.2) is 0 Å². The van der Waals surface area contributed by atoms with Crippen molar-refractivity contribution in [3.63, 3.8) is 0 Å². The molecule has 1 aliphatic rings. The van der Waals surface area contributed by atoms with Crippen molar-refractivity contribution >= 4 is 17.7 Å². The molecule has 57 heavy (non-hydrogen) atoms. The molecule has 1 rings (SSSR count). The summed E-state index contributed by atoms with van der Waals surface area (Å²) in [6.45, 7) is 29.8. The molecule has 0 saturated carbocycles. The lowest BCUT2D eigenvalue weighted by Gasteiger charge is -2.58. The maximum atomic E-state index is 15.6. The number of Topliss-reactive ketones (excluding diaryl/α,β-unsaturated/α-hetero) is 1. The van der Waals surface area contributed by atoms with Crippen LogP contribution >= 0.6 is 0 Å². The Morgan fingerprint density at radius 3 is 1.74 bits per heavy atom. The zero-order chi connectivity index (χ0) is 45.2. The quantitative estimate of drug-likeness (QED) is 0.0734. The Labute approximate surface area is 341 Å². The van der Waals surface area contributed by atoms with Crippen LogP contribution in [-0.2, 0) is 28.7 Å². The second kappa shape index (κ2) is 18.0. The van der Waals surface area contributed by atoms with E-state index in [9.17, 15) is 27.6 Å². The summed E-state index contributed by atoms with van der Waals surface area (Å²) in [5.74, 6) is -7.42. The van der Waals surface area contributed by atoms with E-state index in [-0.39, 0.29) is 43.2 Å². The smallest absolute Gasteiger partial charge is 0.399 e. The van der Waals surface area contributed by atoms with Crippen molar-refractivity contribution in [2.75, 3.05) is 19.8 Å². The Hall–Kier alpha value is -1.86. The number of hydrogen-bond donors (Lipinski definition) is 1. The fourth-order valence-corrected chi connectivity index (χ4v) is 8.07. The molecule has 5 atom stereocenters. The molecule has 0 bridgehead atoms. The first-order valence-electron chi connectivity index (χ1n) is 20.8. The molecule has 1 aliphatic heterocycles. The van der Waals surface area contributed by atoms with Gasteiger partial charge >= 0.3 is 18.1 Å². The van der Waals surface area contributed by atoms with Gasteiger partial charge in [-0.25, -0.2) is 8.78 Å². The van der Waals surface area contributed by atoms with E-state index in [0.29, 0.717) is 33.1 Å². The number of unbranched alkanes of at least 4 members (excludes halogenated alkanes) is 1. The maximum absolute atomic E-state index is 15.6. The van der Waals surface area contributed by atoms with E-state index in [1.54, 1.807) is 18.9 Å². The molecule has 336 valence electrons. The topological polar surface area (TPSA) is 108 Å². The van der Waals surface area contributed by atoms with E-state index in [0.717, 1.165) is 20.3 Å². The number of piperidine rings is 1. The average molecular weight is 827 g/mol. The summed E-state index contributed by atoms with van der Waals surface area (Å²) < 4.78 is 84.4. The number of esters is 2. The molecule has 1 saturated heterocycles. The summed E-state index contributed by atoms with van der Waals surface area (Å²) in [4.78, 5) is 48.7. The average Bonchev–Trinajstić information content (AvgIpc) is 3.05. The molecule has 1 fully saturated rings. The van der Waals surface area contributed by atoms with Gasteiger partial charge in [-0.3, -0.25) is 19.2 Å². The number of rotatable bonds is 20. The molecule has 0 amide bonds. The molecule has 5 unspecified atom stereocenters. The molecule has 0 radical (unpaired) electrons. The molecule has 8 nitrogen and oxygen atoms in total. The number of carbonyl (C=O) groups is 3. The molecule has 0 aromatic rings. The molecule has 2 N–H and O–H groups in total. The molecule has 0 aliphatic carbocycles. The van der Waals surface area contributed by atoms with Crippen LogP contribution in [0.1, 0.15) is 170 Å². The zero-order valence-corrected chi connectivity index (χ0v) is 38.7. The van der Waals surface area contributed by atoms with Crippen molar-refractivity contribution in [2.45, 2.75) is 198 Å². The van der Waals surface area contributed by atoms with E-state index < -0.39 is 87.2 Å². The van der Waals surface area contributed by atoms with Crippen LogP contribution in [0.2, 0.25) is 0 Å². The number of hydrogen-bond acceptors (Lipinski definition) is 8. The van der Waals surface area contributed by atoms with E-state index >= 15 is 8.78 Å². The van der Waals surface area contributed by atoms with Gasteiger partial charge in [0.25, 0.3) is 5.92 Å². The number of nitrogens with two attached hydrogens (primary N) is 1. The van der Waals surface area contributed by atoms with E-state index in [4.69, 9.17) is 20.0 Å². The number of halogens is 5. The molecule has 0 spiro atoms. The Balaban J connectivity index is 3.85. The minimum atomic E-state index is -5.19. The van der Waals surface area contributed by atoms with Gasteiger partial charge in [-0.2, -0.15) is 18.2 Å². The first-order valence-corrected chi connectivity index (χ1v) is 20.8. The fourth-order valence-electron chi connectivity index (χ4n) is 8.07. The predicted octanol–water partition coefficient (Wildman–Crippen LogP) is 11.1.